The van der Waals surface area contributed by atoms with Crippen molar-refractivity contribution in [3.63, 3.8) is 0 Å². The van der Waals surface area contributed by atoms with Crippen molar-refractivity contribution in [3.8, 4) is 0 Å². The van der Waals surface area contributed by atoms with E-state index in [1.165, 1.54) is 0 Å². The standard InChI is InChI=1S/C11H23NO4S/c1-2-10(3-6-13)9-12-17(14,15)11-4-7-16-8-5-11/h10-13H,2-9H2,1H3. The van der Waals surface area contributed by atoms with Crippen molar-refractivity contribution < 1.29 is 18.3 Å². The lowest BCUT2D eigenvalue weighted by molar-refractivity contribution is 0.0981. The molecule has 6 heteroatoms. The third kappa shape index (κ3) is 4.91. The van der Waals surface area contributed by atoms with Gasteiger partial charge in [0.2, 0.25) is 10.0 Å². The first-order valence-electron chi connectivity index (χ1n) is 6.27. The van der Waals surface area contributed by atoms with Crippen LogP contribution in [0.4, 0.5) is 0 Å². The number of hydrogen-bond donors (Lipinski definition) is 2. The Bertz CT molecular complexity index is 299. The maximum atomic E-state index is 12.0. The normalized spacial score (nSPS) is 20.4. The summed E-state index contributed by atoms with van der Waals surface area (Å²) in [5.41, 5.74) is 0. The van der Waals surface area contributed by atoms with Gasteiger partial charge in [0.1, 0.15) is 0 Å². The molecule has 0 aromatic rings. The fraction of sp³-hybridized carbons (Fsp3) is 1.00. The molecule has 1 atom stereocenters. The van der Waals surface area contributed by atoms with Crippen LogP contribution >= 0.6 is 0 Å². The second-order valence-corrected chi connectivity index (χ2v) is 6.54. The first-order chi connectivity index (χ1) is 8.10. The van der Waals surface area contributed by atoms with E-state index >= 15 is 0 Å². The van der Waals surface area contributed by atoms with Crippen LogP contribution in [0.5, 0.6) is 0 Å². The van der Waals surface area contributed by atoms with Crippen molar-refractivity contribution in [3.05, 3.63) is 0 Å². The highest BCUT2D eigenvalue weighted by atomic mass is 32.2. The molecule has 0 amide bonds. The molecule has 1 aliphatic rings. The van der Waals surface area contributed by atoms with Crippen molar-refractivity contribution in [2.24, 2.45) is 5.92 Å². The minimum atomic E-state index is -3.22. The molecular formula is C11H23NO4S. The van der Waals surface area contributed by atoms with Gasteiger partial charge in [-0.1, -0.05) is 13.3 Å². The Hall–Kier alpha value is -0.170. The molecule has 17 heavy (non-hydrogen) atoms. The van der Waals surface area contributed by atoms with Crippen LogP contribution < -0.4 is 4.72 Å². The van der Waals surface area contributed by atoms with E-state index in [0.29, 0.717) is 39.0 Å². The van der Waals surface area contributed by atoms with Crippen LogP contribution in [0.1, 0.15) is 32.6 Å². The number of sulfonamides is 1. The molecule has 0 aliphatic carbocycles. The first-order valence-corrected chi connectivity index (χ1v) is 7.81. The minimum absolute atomic E-state index is 0.109. The highest BCUT2D eigenvalue weighted by Crippen LogP contribution is 2.15. The van der Waals surface area contributed by atoms with Crippen LogP contribution in [-0.4, -0.2) is 45.1 Å². The molecule has 1 heterocycles. The van der Waals surface area contributed by atoms with Gasteiger partial charge >= 0.3 is 0 Å². The number of hydrogen-bond acceptors (Lipinski definition) is 4. The topological polar surface area (TPSA) is 75.6 Å². The van der Waals surface area contributed by atoms with E-state index in [-0.39, 0.29) is 17.8 Å². The Morgan fingerprint density at radius 2 is 2.06 bits per heavy atom. The lowest BCUT2D eigenvalue weighted by Gasteiger charge is -2.23. The van der Waals surface area contributed by atoms with Gasteiger partial charge in [-0.15, -0.1) is 0 Å². The average molecular weight is 265 g/mol. The van der Waals surface area contributed by atoms with Crippen LogP contribution in [0, 0.1) is 5.92 Å². The molecule has 1 fully saturated rings. The summed E-state index contributed by atoms with van der Waals surface area (Å²) in [5.74, 6) is 0.217. The molecule has 1 aliphatic heterocycles. The lowest BCUT2D eigenvalue weighted by Crippen LogP contribution is -2.40. The van der Waals surface area contributed by atoms with E-state index in [0.717, 1.165) is 6.42 Å². The summed E-state index contributed by atoms with van der Waals surface area (Å²) in [7, 11) is -3.22. The molecule has 2 N–H and O–H groups in total. The number of nitrogens with one attached hydrogen (secondary N) is 1. The maximum absolute atomic E-state index is 12.0. The van der Waals surface area contributed by atoms with Crippen LogP contribution in [0.25, 0.3) is 0 Å². The Morgan fingerprint density at radius 1 is 1.41 bits per heavy atom. The van der Waals surface area contributed by atoms with Crippen molar-refractivity contribution in [1.29, 1.82) is 0 Å². The van der Waals surface area contributed by atoms with Gasteiger partial charge in [0.25, 0.3) is 0 Å². The second kappa shape index (κ2) is 7.31. The Morgan fingerprint density at radius 3 is 2.59 bits per heavy atom. The summed E-state index contributed by atoms with van der Waals surface area (Å²) in [6.45, 7) is 3.59. The van der Waals surface area contributed by atoms with E-state index in [2.05, 4.69) is 4.72 Å². The zero-order chi connectivity index (χ0) is 12.7. The van der Waals surface area contributed by atoms with E-state index in [9.17, 15) is 8.42 Å². The van der Waals surface area contributed by atoms with Gasteiger partial charge in [-0.2, -0.15) is 0 Å². The maximum Gasteiger partial charge on any atom is 0.214 e. The molecule has 1 rings (SSSR count). The predicted octanol–water partition coefficient (Wildman–Crippen LogP) is 0.493. The fourth-order valence-corrected chi connectivity index (χ4v) is 3.49. The van der Waals surface area contributed by atoms with Gasteiger partial charge in [0.05, 0.1) is 5.25 Å². The van der Waals surface area contributed by atoms with Crippen LogP contribution in [0.15, 0.2) is 0 Å². The summed E-state index contributed by atoms with van der Waals surface area (Å²) < 4.78 is 31.8. The number of aliphatic hydroxyl groups excluding tert-OH is 1. The Kier molecular flexibility index (Phi) is 6.40. The summed E-state index contributed by atoms with van der Waals surface area (Å²) in [4.78, 5) is 0. The highest BCUT2D eigenvalue weighted by Gasteiger charge is 2.27. The molecule has 0 spiro atoms. The molecule has 0 aromatic carbocycles. The van der Waals surface area contributed by atoms with Crippen LogP contribution in [0.3, 0.4) is 0 Å². The van der Waals surface area contributed by atoms with Gasteiger partial charge in [-0.25, -0.2) is 13.1 Å². The smallest absolute Gasteiger partial charge is 0.214 e. The largest absolute Gasteiger partial charge is 0.396 e. The highest BCUT2D eigenvalue weighted by molar-refractivity contribution is 7.90. The molecule has 5 nitrogen and oxygen atoms in total. The molecule has 102 valence electrons. The number of ether oxygens (including phenoxy) is 1. The summed E-state index contributed by atoms with van der Waals surface area (Å²) >= 11 is 0. The minimum Gasteiger partial charge on any atom is -0.396 e. The zero-order valence-electron chi connectivity index (χ0n) is 10.4. The van der Waals surface area contributed by atoms with Crippen molar-refractivity contribution in [2.45, 2.75) is 37.9 Å². The van der Waals surface area contributed by atoms with Gasteiger partial charge in [0.15, 0.2) is 0 Å². The third-order valence-electron chi connectivity index (χ3n) is 3.30. The zero-order valence-corrected chi connectivity index (χ0v) is 11.2. The Labute approximate surface area is 104 Å². The average Bonchev–Trinajstić information content (AvgIpc) is 2.35. The van der Waals surface area contributed by atoms with Crippen molar-refractivity contribution in [1.82, 2.24) is 4.72 Å². The number of aliphatic hydroxyl groups is 1. The molecule has 0 saturated carbocycles. The Balaban J connectivity index is 2.42. The quantitative estimate of drug-likeness (QED) is 0.702. The molecule has 0 bridgehead atoms. The van der Waals surface area contributed by atoms with Crippen molar-refractivity contribution >= 4 is 10.0 Å². The predicted molar refractivity (Wildman–Crippen MR) is 66.2 cm³/mol. The van der Waals surface area contributed by atoms with Gasteiger partial charge in [-0.3, -0.25) is 0 Å². The molecule has 1 unspecified atom stereocenters. The number of rotatable bonds is 7. The van der Waals surface area contributed by atoms with Gasteiger partial charge in [0, 0.05) is 26.4 Å². The second-order valence-electron chi connectivity index (χ2n) is 4.49. The SMILES string of the molecule is CCC(CCO)CNS(=O)(=O)C1CCOCC1. The molecule has 1 saturated heterocycles. The molecular weight excluding hydrogens is 242 g/mol. The van der Waals surface area contributed by atoms with E-state index in [1.54, 1.807) is 0 Å². The summed E-state index contributed by atoms with van der Waals surface area (Å²) in [6, 6.07) is 0. The van der Waals surface area contributed by atoms with E-state index in [1.807, 2.05) is 6.92 Å². The van der Waals surface area contributed by atoms with Crippen molar-refractivity contribution in [2.75, 3.05) is 26.4 Å². The third-order valence-corrected chi connectivity index (χ3v) is 5.21. The van der Waals surface area contributed by atoms with Crippen LogP contribution in [0.2, 0.25) is 0 Å². The molecule has 0 aromatic heterocycles. The first kappa shape index (κ1) is 14.9. The summed E-state index contributed by atoms with van der Waals surface area (Å²) in [6.07, 6.45) is 2.67. The summed E-state index contributed by atoms with van der Waals surface area (Å²) in [5, 5.41) is 8.54. The van der Waals surface area contributed by atoms with E-state index < -0.39 is 10.0 Å². The van der Waals surface area contributed by atoms with E-state index in [4.69, 9.17) is 9.84 Å². The lowest BCUT2D eigenvalue weighted by atomic mass is 10.0. The fourth-order valence-electron chi connectivity index (χ4n) is 1.97. The van der Waals surface area contributed by atoms with Gasteiger partial charge < -0.3 is 9.84 Å². The van der Waals surface area contributed by atoms with Crippen LogP contribution in [-0.2, 0) is 14.8 Å². The molecule has 0 radical (unpaired) electrons. The monoisotopic (exact) mass is 265 g/mol. The van der Waals surface area contributed by atoms with Gasteiger partial charge in [-0.05, 0) is 25.2 Å².